The van der Waals surface area contributed by atoms with Crippen LogP contribution in [0.15, 0.2) is 54.6 Å². The molecule has 0 fully saturated rings. The summed E-state index contributed by atoms with van der Waals surface area (Å²) < 4.78 is 29.7. The number of carbonyl (C=O) groups excluding carboxylic acids is 1. The first-order valence-corrected chi connectivity index (χ1v) is 14.2. The minimum atomic E-state index is -3.35. The quantitative estimate of drug-likeness (QED) is 0.267. The highest BCUT2D eigenvalue weighted by Crippen LogP contribution is 2.13. The first kappa shape index (κ1) is 29.8. The third kappa shape index (κ3) is 11.1. The van der Waals surface area contributed by atoms with Crippen LogP contribution in [-0.4, -0.2) is 67.9 Å². The Morgan fingerprint density at radius 1 is 0.972 bits per heavy atom. The molecule has 200 valence electrons. The topological polar surface area (TPSA) is 125 Å². The minimum absolute atomic E-state index is 0.0350. The van der Waals surface area contributed by atoms with Crippen molar-refractivity contribution in [3.63, 3.8) is 0 Å². The van der Waals surface area contributed by atoms with Crippen molar-refractivity contribution in [3.05, 3.63) is 65.7 Å². The number of sulfone groups is 1. The van der Waals surface area contributed by atoms with Crippen LogP contribution in [0.1, 0.15) is 37.8 Å². The highest BCUT2D eigenvalue weighted by atomic mass is 32.2. The summed E-state index contributed by atoms with van der Waals surface area (Å²) in [6, 6.07) is 16.3. The van der Waals surface area contributed by atoms with Crippen molar-refractivity contribution >= 4 is 15.7 Å². The lowest BCUT2D eigenvalue weighted by atomic mass is 10.0. The van der Waals surface area contributed by atoms with Crippen LogP contribution in [0, 0.1) is 5.92 Å². The smallest absolute Gasteiger partial charge is 0.249 e. The highest BCUT2D eigenvalue weighted by Gasteiger charge is 2.26. The van der Waals surface area contributed by atoms with E-state index in [1.54, 1.807) is 7.11 Å². The van der Waals surface area contributed by atoms with Gasteiger partial charge in [0, 0.05) is 13.1 Å². The van der Waals surface area contributed by atoms with Crippen molar-refractivity contribution < 1.29 is 28.2 Å². The Morgan fingerprint density at radius 2 is 1.64 bits per heavy atom. The SMILES string of the molecule is COc1cccc(CNCC(O)C(Cc2ccccc2)NC(=O)C(O)CCS(=O)(=O)CCC(C)C)c1. The van der Waals surface area contributed by atoms with Gasteiger partial charge in [0.1, 0.15) is 21.7 Å². The van der Waals surface area contributed by atoms with Gasteiger partial charge in [0.15, 0.2) is 0 Å². The normalized spacial score (nSPS) is 14.3. The molecular weight excluding hydrogens is 480 g/mol. The molecule has 0 aromatic heterocycles. The van der Waals surface area contributed by atoms with Gasteiger partial charge in [0.25, 0.3) is 0 Å². The van der Waals surface area contributed by atoms with E-state index >= 15 is 0 Å². The van der Waals surface area contributed by atoms with Crippen LogP contribution in [0.2, 0.25) is 0 Å². The van der Waals surface area contributed by atoms with Gasteiger partial charge in [-0.25, -0.2) is 8.42 Å². The number of ether oxygens (including phenoxy) is 1. The molecule has 2 rings (SSSR count). The predicted octanol–water partition coefficient (Wildman–Crippen LogP) is 2.09. The first-order valence-electron chi connectivity index (χ1n) is 12.3. The third-order valence-corrected chi connectivity index (χ3v) is 7.63. The summed E-state index contributed by atoms with van der Waals surface area (Å²) in [5.74, 6) is 0.0761. The molecule has 0 spiro atoms. The number of methoxy groups -OCH3 is 1. The summed E-state index contributed by atoms with van der Waals surface area (Å²) in [7, 11) is -1.75. The summed E-state index contributed by atoms with van der Waals surface area (Å²) >= 11 is 0. The maximum absolute atomic E-state index is 12.7. The van der Waals surface area contributed by atoms with Crippen molar-refractivity contribution in [2.75, 3.05) is 25.2 Å². The Labute approximate surface area is 215 Å². The molecule has 0 saturated carbocycles. The number of amides is 1. The molecule has 0 bridgehead atoms. The Bertz CT molecular complexity index is 1030. The molecule has 36 heavy (non-hydrogen) atoms. The Hall–Kier alpha value is -2.46. The summed E-state index contributed by atoms with van der Waals surface area (Å²) in [6.45, 7) is 4.59. The lowest BCUT2D eigenvalue weighted by Crippen LogP contribution is -2.51. The van der Waals surface area contributed by atoms with Crippen LogP contribution in [-0.2, 0) is 27.6 Å². The average molecular weight is 521 g/mol. The zero-order valence-electron chi connectivity index (χ0n) is 21.4. The van der Waals surface area contributed by atoms with Gasteiger partial charge in [-0.15, -0.1) is 0 Å². The summed E-state index contributed by atoms with van der Waals surface area (Å²) in [5, 5.41) is 27.1. The zero-order valence-corrected chi connectivity index (χ0v) is 22.2. The van der Waals surface area contributed by atoms with Crippen LogP contribution >= 0.6 is 0 Å². The van der Waals surface area contributed by atoms with Crippen LogP contribution in [0.25, 0.3) is 0 Å². The maximum Gasteiger partial charge on any atom is 0.249 e. The van der Waals surface area contributed by atoms with Gasteiger partial charge >= 0.3 is 0 Å². The second kappa shape index (κ2) is 14.9. The minimum Gasteiger partial charge on any atom is -0.497 e. The van der Waals surface area contributed by atoms with Gasteiger partial charge in [0.05, 0.1) is 30.8 Å². The van der Waals surface area contributed by atoms with Crippen molar-refractivity contribution in [2.24, 2.45) is 5.92 Å². The fourth-order valence-corrected chi connectivity index (χ4v) is 5.28. The zero-order chi connectivity index (χ0) is 26.6. The van der Waals surface area contributed by atoms with E-state index in [1.807, 2.05) is 68.4 Å². The lowest BCUT2D eigenvalue weighted by molar-refractivity contribution is -0.131. The lowest BCUT2D eigenvalue weighted by Gasteiger charge is -2.26. The van der Waals surface area contributed by atoms with E-state index in [2.05, 4.69) is 10.6 Å². The molecule has 0 aliphatic heterocycles. The monoisotopic (exact) mass is 520 g/mol. The number of carbonyl (C=O) groups is 1. The number of rotatable bonds is 16. The number of aliphatic hydroxyl groups excluding tert-OH is 2. The van der Waals surface area contributed by atoms with Gasteiger partial charge in [-0.1, -0.05) is 56.3 Å². The Kier molecular flexibility index (Phi) is 12.4. The van der Waals surface area contributed by atoms with Crippen LogP contribution < -0.4 is 15.4 Å². The summed E-state index contributed by atoms with van der Waals surface area (Å²) in [5.41, 5.74) is 1.90. The molecule has 8 nitrogen and oxygen atoms in total. The fourth-order valence-electron chi connectivity index (χ4n) is 3.66. The van der Waals surface area contributed by atoms with E-state index < -0.39 is 34.0 Å². The third-order valence-electron chi connectivity index (χ3n) is 5.92. The number of benzene rings is 2. The molecule has 0 aliphatic rings. The van der Waals surface area contributed by atoms with E-state index in [4.69, 9.17) is 4.74 Å². The largest absolute Gasteiger partial charge is 0.497 e. The standard InChI is InChI=1S/C27H40N2O6S/c1-20(2)12-14-36(33,34)15-13-25(30)27(32)29-24(17-21-8-5-4-6-9-21)26(31)19-28-18-22-10-7-11-23(16-22)35-3/h4-11,16,20,24-26,28,30-31H,12-15,17-19H2,1-3H3,(H,29,32). The molecule has 2 aromatic rings. The second-order valence-corrected chi connectivity index (χ2v) is 11.8. The van der Waals surface area contributed by atoms with E-state index in [-0.39, 0.29) is 30.4 Å². The van der Waals surface area contributed by atoms with Gasteiger partial charge in [-0.3, -0.25) is 4.79 Å². The van der Waals surface area contributed by atoms with Gasteiger partial charge in [-0.05, 0) is 48.4 Å². The Balaban J connectivity index is 1.96. The van der Waals surface area contributed by atoms with E-state index in [0.717, 1.165) is 16.9 Å². The molecule has 0 saturated heterocycles. The van der Waals surface area contributed by atoms with Crippen molar-refractivity contribution in [2.45, 2.75) is 57.9 Å². The molecule has 0 radical (unpaired) electrons. The summed E-state index contributed by atoms with van der Waals surface area (Å²) in [6.07, 6.45) is -1.71. The van der Waals surface area contributed by atoms with Gasteiger partial charge in [0.2, 0.25) is 5.91 Å². The second-order valence-electron chi connectivity index (χ2n) is 9.49. The van der Waals surface area contributed by atoms with E-state index in [9.17, 15) is 23.4 Å². The molecular formula is C27H40N2O6S. The van der Waals surface area contributed by atoms with E-state index in [1.165, 1.54) is 0 Å². The predicted molar refractivity (Wildman–Crippen MR) is 142 cm³/mol. The Morgan fingerprint density at radius 3 is 2.31 bits per heavy atom. The van der Waals surface area contributed by atoms with E-state index in [0.29, 0.717) is 19.4 Å². The van der Waals surface area contributed by atoms with Crippen molar-refractivity contribution in [1.82, 2.24) is 10.6 Å². The molecule has 1 amide bonds. The molecule has 9 heteroatoms. The molecule has 0 aliphatic carbocycles. The van der Waals surface area contributed by atoms with Crippen molar-refractivity contribution in [3.8, 4) is 5.75 Å². The number of aliphatic hydroxyl groups is 2. The fraction of sp³-hybridized carbons (Fsp3) is 0.519. The maximum atomic E-state index is 12.7. The highest BCUT2D eigenvalue weighted by molar-refractivity contribution is 7.91. The molecule has 3 unspecified atom stereocenters. The van der Waals surface area contributed by atoms with Crippen molar-refractivity contribution in [1.29, 1.82) is 0 Å². The van der Waals surface area contributed by atoms with Crippen LogP contribution in [0.3, 0.4) is 0 Å². The molecule has 2 aromatic carbocycles. The molecule has 3 atom stereocenters. The molecule has 4 N–H and O–H groups in total. The van der Waals surface area contributed by atoms with Crippen LogP contribution in [0.5, 0.6) is 5.75 Å². The number of hydrogen-bond acceptors (Lipinski definition) is 7. The number of hydrogen-bond donors (Lipinski definition) is 4. The molecule has 0 heterocycles. The van der Waals surface area contributed by atoms with Gasteiger partial charge < -0.3 is 25.6 Å². The average Bonchev–Trinajstić information content (AvgIpc) is 2.86. The van der Waals surface area contributed by atoms with Gasteiger partial charge in [-0.2, -0.15) is 0 Å². The first-order chi connectivity index (χ1) is 17.1. The van der Waals surface area contributed by atoms with Crippen LogP contribution in [0.4, 0.5) is 0 Å². The number of nitrogens with one attached hydrogen (secondary N) is 2. The summed E-state index contributed by atoms with van der Waals surface area (Å²) in [4.78, 5) is 12.7.